The minimum atomic E-state index is -4.83. The van der Waals surface area contributed by atoms with Crippen molar-refractivity contribution in [3.05, 3.63) is 69.6 Å². The van der Waals surface area contributed by atoms with Gasteiger partial charge in [0.1, 0.15) is 0 Å². The number of rotatable bonds is 3. The number of hydrogen-bond acceptors (Lipinski definition) is 2. The van der Waals surface area contributed by atoms with Crippen LogP contribution in [0.25, 0.3) is 0 Å². The standard InChI is InChI=1S/C19H19F3N2O2/c20-19(21,22)18(26)24-11-7-15-5-4-14(13-16(15)8-12-24)6-10-23-9-2-1-3-17(23)25/h1-5,9,13H,6-8,10-12H2. The van der Waals surface area contributed by atoms with Gasteiger partial charge in [0.25, 0.3) is 5.56 Å². The summed E-state index contributed by atoms with van der Waals surface area (Å²) in [6.07, 6.45) is -1.63. The van der Waals surface area contributed by atoms with Gasteiger partial charge in [0.2, 0.25) is 0 Å². The van der Waals surface area contributed by atoms with Crippen LogP contribution >= 0.6 is 0 Å². The van der Waals surface area contributed by atoms with Gasteiger partial charge in [0.15, 0.2) is 0 Å². The van der Waals surface area contributed by atoms with Crippen molar-refractivity contribution in [2.75, 3.05) is 13.1 Å². The van der Waals surface area contributed by atoms with Crippen molar-refractivity contribution in [1.29, 1.82) is 0 Å². The predicted molar refractivity (Wildman–Crippen MR) is 90.9 cm³/mol. The van der Waals surface area contributed by atoms with E-state index in [2.05, 4.69) is 0 Å². The fraction of sp³-hybridized carbons (Fsp3) is 0.368. The van der Waals surface area contributed by atoms with Crippen molar-refractivity contribution in [2.24, 2.45) is 0 Å². The van der Waals surface area contributed by atoms with Crippen LogP contribution in [0, 0.1) is 0 Å². The number of pyridine rings is 1. The maximum absolute atomic E-state index is 12.6. The second-order valence-electron chi connectivity index (χ2n) is 6.38. The molecule has 0 radical (unpaired) electrons. The molecule has 0 saturated heterocycles. The zero-order valence-electron chi connectivity index (χ0n) is 14.1. The molecule has 1 amide bonds. The Kier molecular flexibility index (Phi) is 5.15. The summed E-state index contributed by atoms with van der Waals surface area (Å²) in [5, 5.41) is 0. The molecule has 0 bridgehead atoms. The zero-order chi connectivity index (χ0) is 18.7. The summed E-state index contributed by atoms with van der Waals surface area (Å²) in [5.74, 6) is -1.77. The van der Waals surface area contributed by atoms with E-state index in [1.165, 1.54) is 6.07 Å². The second kappa shape index (κ2) is 7.35. The summed E-state index contributed by atoms with van der Waals surface area (Å²) < 4.78 is 39.5. The smallest absolute Gasteiger partial charge is 0.334 e. The highest BCUT2D eigenvalue weighted by atomic mass is 19.4. The lowest BCUT2D eigenvalue weighted by atomic mass is 9.99. The first-order chi connectivity index (χ1) is 12.3. The number of carbonyl (C=O) groups is 1. The largest absolute Gasteiger partial charge is 0.471 e. The van der Waals surface area contributed by atoms with Gasteiger partial charge in [-0.15, -0.1) is 0 Å². The van der Waals surface area contributed by atoms with Crippen LogP contribution in [-0.2, 0) is 30.6 Å². The molecule has 0 aliphatic carbocycles. The van der Waals surface area contributed by atoms with E-state index in [0.717, 1.165) is 21.6 Å². The molecule has 0 atom stereocenters. The predicted octanol–water partition coefficient (Wildman–Crippen LogP) is 2.58. The number of alkyl halides is 3. The minimum Gasteiger partial charge on any atom is -0.334 e. The van der Waals surface area contributed by atoms with Gasteiger partial charge in [-0.3, -0.25) is 9.59 Å². The molecule has 1 aliphatic rings. The summed E-state index contributed by atoms with van der Waals surface area (Å²) in [6.45, 7) is 0.675. The van der Waals surface area contributed by atoms with E-state index in [0.29, 0.717) is 25.8 Å². The maximum Gasteiger partial charge on any atom is 0.471 e. The number of aromatic nitrogens is 1. The average molecular weight is 364 g/mol. The molecular formula is C19H19F3N2O2. The summed E-state index contributed by atoms with van der Waals surface area (Å²) in [5.41, 5.74) is 2.90. The normalized spacial score (nSPS) is 14.7. The highest BCUT2D eigenvalue weighted by molar-refractivity contribution is 5.82. The number of amides is 1. The van der Waals surface area contributed by atoms with Gasteiger partial charge in [-0.05, 0) is 42.0 Å². The first kappa shape index (κ1) is 18.2. The SMILES string of the molecule is O=C(N1CCc2ccc(CCn3ccccc3=O)cc2CC1)C(F)(F)F. The topological polar surface area (TPSA) is 42.3 Å². The third-order valence-electron chi connectivity index (χ3n) is 4.64. The Morgan fingerprint density at radius 3 is 2.46 bits per heavy atom. The van der Waals surface area contributed by atoms with E-state index in [9.17, 15) is 22.8 Å². The minimum absolute atomic E-state index is 0.0624. The van der Waals surface area contributed by atoms with Gasteiger partial charge in [0, 0.05) is 31.9 Å². The van der Waals surface area contributed by atoms with Crippen molar-refractivity contribution in [3.63, 3.8) is 0 Å². The number of halogens is 3. The van der Waals surface area contributed by atoms with Gasteiger partial charge in [-0.1, -0.05) is 24.3 Å². The van der Waals surface area contributed by atoms with Crippen LogP contribution in [0.2, 0.25) is 0 Å². The summed E-state index contributed by atoms with van der Waals surface area (Å²) in [4.78, 5) is 24.1. The number of aryl methyl sites for hydroxylation is 2. The quantitative estimate of drug-likeness (QED) is 0.840. The van der Waals surface area contributed by atoms with Gasteiger partial charge < -0.3 is 9.47 Å². The number of benzene rings is 1. The van der Waals surface area contributed by atoms with E-state index in [4.69, 9.17) is 0 Å². The second-order valence-corrected chi connectivity index (χ2v) is 6.38. The van der Waals surface area contributed by atoms with Crippen molar-refractivity contribution in [1.82, 2.24) is 9.47 Å². The Balaban J connectivity index is 1.69. The van der Waals surface area contributed by atoms with Crippen molar-refractivity contribution < 1.29 is 18.0 Å². The molecule has 0 fully saturated rings. The Bertz CT molecular complexity index is 858. The maximum atomic E-state index is 12.6. The van der Waals surface area contributed by atoms with E-state index in [-0.39, 0.29) is 18.6 Å². The Morgan fingerprint density at radius 1 is 1.04 bits per heavy atom. The Morgan fingerprint density at radius 2 is 1.77 bits per heavy atom. The van der Waals surface area contributed by atoms with Gasteiger partial charge >= 0.3 is 12.1 Å². The van der Waals surface area contributed by atoms with E-state index < -0.39 is 12.1 Å². The van der Waals surface area contributed by atoms with Crippen LogP contribution in [0.5, 0.6) is 0 Å². The molecule has 0 unspecified atom stereocenters. The monoisotopic (exact) mass is 364 g/mol. The van der Waals surface area contributed by atoms with Crippen LogP contribution in [0.15, 0.2) is 47.4 Å². The van der Waals surface area contributed by atoms with Crippen molar-refractivity contribution >= 4 is 5.91 Å². The van der Waals surface area contributed by atoms with Gasteiger partial charge in [-0.25, -0.2) is 0 Å². The highest BCUT2D eigenvalue weighted by Crippen LogP contribution is 2.23. The van der Waals surface area contributed by atoms with E-state index >= 15 is 0 Å². The highest BCUT2D eigenvalue weighted by Gasteiger charge is 2.42. The molecule has 138 valence electrons. The fourth-order valence-corrected chi connectivity index (χ4v) is 3.21. The molecular weight excluding hydrogens is 345 g/mol. The molecule has 0 N–H and O–H groups in total. The lowest BCUT2D eigenvalue weighted by molar-refractivity contribution is -0.185. The van der Waals surface area contributed by atoms with Crippen LogP contribution in [0.3, 0.4) is 0 Å². The van der Waals surface area contributed by atoms with E-state index in [1.807, 2.05) is 18.2 Å². The third-order valence-corrected chi connectivity index (χ3v) is 4.64. The summed E-state index contributed by atoms with van der Waals surface area (Å²) >= 11 is 0. The first-order valence-corrected chi connectivity index (χ1v) is 8.47. The molecule has 4 nitrogen and oxygen atoms in total. The molecule has 3 rings (SSSR count). The molecule has 7 heteroatoms. The summed E-state index contributed by atoms with van der Waals surface area (Å²) in [6, 6.07) is 10.8. The van der Waals surface area contributed by atoms with Crippen LogP contribution < -0.4 is 5.56 Å². The molecule has 1 aliphatic heterocycles. The lowest BCUT2D eigenvalue weighted by Crippen LogP contribution is -2.42. The number of hydrogen-bond donors (Lipinski definition) is 0. The van der Waals surface area contributed by atoms with Crippen molar-refractivity contribution in [2.45, 2.75) is 32.0 Å². The molecule has 0 saturated carbocycles. The molecule has 1 aromatic heterocycles. The molecule has 26 heavy (non-hydrogen) atoms. The molecule has 2 aromatic rings. The van der Waals surface area contributed by atoms with E-state index in [1.54, 1.807) is 22.9 Å². The molecule has 2 heterocycles. The first-order valence-electron chi connectivity index (χ1n) is 8.47. The Labute approximate surface area is 148 Å². The van der Waals surface area contributed by atoms with Gasteiger partial charge in [0.05, 0.1) is 0 Å². The molecule has 1 aromatic carbocycles. The number of carbonyl (C=O) groups excluding carboxylic acids is 1. The van der Waals surface area contributed by atoms with Crippen LogP contribution in [0.4, 0.5) is 13.2 Å². The number of fused-ring (bicyclic) bond motifs is 1. The number of nitrogens with zero attached hydrogens (tertiary/aromatic N) is 2. The van der Waals surface area contributed by atoms with Crippen LogP contribution in [0.1, 0.15) is 16.7 Å². The third kappa shape index (κ3) is 4.15. The zero-order valence-corrected chi connectivity index (χ0v) is 14.1. The Hall–Kier alpha value is -2.57. The van der Waals surface area contributed by atoms with Crippen LogP contribution in [-0.4, -0.2) is 34.6 Å². The molecule has 0 spiro atoms. The van der Waals surface area contributed by atoms with Crippen molar-refractivity contribution in [3.8, 4) is 0 Å². The lowest BCUT2D eigenvalue weighted by Gasteiger charge is -2.21. The summed E-state index contributed by atoms with van der Waals surface area (Å²) in [7, 11) is 0. The van der Waals surface area contributed by atoms with Gasteiger partial charge in [-0.2, -0.15) is 13.2 Å². The fourth-order valence-electron chi connectivity index (χ4n) is 3.21. The average Bonchev–Trinajstić information content (AvgIpc) is 2.81.